The van der Waals surface area contributed by atoms with Crippen LogP contribution in [0.15, 0.2) is 30.9 Å². The highest BCUT2D eigenvalue weighted by molar-refractivity contribution is 6.00. The van der Waals surface area contributed by atoms with Gasteiger partial charge in [0.15, 0.2) is 5.65 Å². The summed E-state index contributed by atoms with van der Waals surface area (Å²) in [7, 11) is 1.71. The molecule has 5 rings (SSSR count). The molecular weight excluding hydrogens is 448 g/mol. The molecule has 35 heavy (non-hydrogen) atoms. The first-order valence-corrected chi connectivity index (χ1v) is 12.1. The van der Waals surface area contributed by atoms with E-state index in [0.717, 1.165) is 24.0 Å². The molecule has 3 N–H and O–H groups in total. The van der Waals surface area contributed by atoms with Crippen molar-refractivity contribution in [3.63, 3.8) is 0 Å². The van der Waals surface area contributed by atoms with Crippen molar-refractivity contribution in [1.29, 1.82) is 0 Å². The van der Waals surface area contributed by atoms with Gasteiger partial charge in [0.25, 0.3) is 5.91 Å². The van der Waals surface area contributed by atoms with Crippen molar-refractivity contribution < 1.29 is 19.4 Å². The second kappa shape index (κ2) is 9.88. The van der Waals surface area contributed by atoms with E-state index in [4.69, 9.17) is 9.47 Å². The Balaban J connectivity index is 1.31. The number of aliphatic hydroxyl groups is 1. The number of carbonyl (C=O) groups is 1. The normalized spacial score (nSPS) is 22.7. The largest absolute Gasteiger partial charge is 0.390 e. The Morgan fingerprint density at radius 1 is 1.26 bits per heavy atom. The van der Waals surface area contributed by atoms with E-state index in [1.807, 2.05) is 19.2 Å². The predicted molar refractivity (Wildman–Crippen MR) is 130 cm³/mol. The zero-order valence-electron chi connectivity index (χ0n) is 20.2. The van der Waals surface area contributed by atoms with Crippen LogP contribution in [0.5, 0.6) is 0 Å². The van der Waals surface area contributed by atoms with Gasteiger partial charge in [-0.3, -0.25) is 9.78 Å². The summed E-state index contributed by atoms with van der Waals surface area (Å²) < 4.78 is 12.4. The van der Waals surface area contributed by atoms with Gasteiger partial charge in [-0.1, -0.05) is 0 Å². The van der Waals surface area contributed by atoms with Crippen LogP contribution in [0.2, 0.25) is 0 Å². The van der Waals surface area contributed by atoms with Crippen LogP contribution in [0.25, 0.3) is 16.9 Å². The van der Waals surface area contributed by atoms with Crippen molar-refractivity contribution in [2.45, 2.75) is 56.8 Å². The van der Waals surface area contributed by atoms with Crippen LogP contribution in [0, 0.1) is 6.92 Å². The summed E-state index contributed by atoms with van der Waals surface area (Å²) >= 11 is 0. The lowest BCUT2D eigenvalue weighted by atomic mass is 9.81. The maximum atomic E-state index is 13.1. The average molecular weight is 481 g/mol. The smallest absolute Gasteiger partial charge is 0.254 e. The highest BCUT2D eigenvalue weighted by Gasteiger charge is 2.33. The summed E-state index contributed by atoms with van der Waals surface area (Å²) in [6.45, 7) is 3.53. The minimum absolute atomic E-state index is 0.137. The minimum Gasteiger partial charge on any atom is -0.390 e. The maximum Gasteiger partial charge on any atom is 0.254 e. The summed E-state index contributed by atoms with van der Waals surface area (Å²) in [5.74, 6) is -0.227. The van der Waals surface area contributed by atoms with E-state index in [1.165, 1.54) is 0 Å². The number of rotatable bonds is 8. The van der Waals surface area contributed by atoms with E-state index < -0.39 is 5.60 Å². The van der Waals surface area contributed by atoms with E-state index >= 15 is 0 Å². The van der Waals surface area contributed by atoms with Gasteiger partial charge in [0.1, 0.15) is 0 Å². The highest BCUT2D eigenvalue weighted by Crippen LogP contribution is 2.32. The number of aromatic nitrogens is 4. The number of fused-ring (bicyclic) bond motifs is 1. The summed E-state index contributed by atoms with van der Waals surface area (Å²) in [4.78, 5) is 22.2. The molecule has 1 aliphatic heterocycles. The average Bonchev–Trinajstić information content (AvgIpc) is 3.24. The molecule has 10 nitrogen and oxygen atoms in total. The van der Waals surface area contributed by atoms with Crippen molar-refractivity contribution in [3.8, 4) is 11.3 Å². The molecule has 4 heterocycles. The van der Waals surface area contributed by atoms with Gasteiger partial charge in [0, 0.05) is 32.2 Å². The number of hydrogen-bond donors (Lipinski definition) is 3. The third-order valence-electron chi connectivity index (χ3n) is 6.98. The van der Waals surface area contributed by atoms with Gasteiger partial charge >= 0.3 is 0 Å². The summed E-state index contributed by atoms with van der Waals surface area (Å²) in [6.07, 6.45) is 10.8. The molecular formula is C25H32N6O4. The number of hydrogen-bond acceptors (Lipinski definition) is 8. The predicted octanol–water partition coefficient (Wildman–Crippen LogP) is 2.35. The molecule has 0 radical (unpaired) electrons. The molecule has 1 amide bonds. The molecule has 0 bridgehead atoms. The fourth-order valence-corrected chi connectivity index (χ4v) is 4.71. The van der Waals surface area contributed by atoms with Crippen LogP contribution in [0.4, 0.5) is 5.69 Å². The van der Waals surface area contributed by atoms with E-state index in [0.29, 0.717) is 61.6 Å². The number of amides is 1. The van der Waals surface area contributed by atoms with Gasteiger partial charge in [0.2, 0.25) is 0 Å². The molecule has 10 heteroatoms. The minimum atomic E-state index is -0.760. The molecule has 3 aromatic heterocycles. The van der Waals surface area contributed by atoms with Crippen molar-refractivity contribution in [2.24, 2.45) is 0 Å². The quantitative estimate of drug-likeness (QED) is 0.449. The number of aryl methyl sites for hydroxylation is 1. The molecule has 2 fully saturated rings. The third kappa shape index (κ3) is 5.14. The van der Waals surface area contributed by atoms with Crippen LogP contribution in [0.1, 0.15) is 48.0 Å². The zero-order chi connectivity index (χ0) is 24.4. The molecule has 1 saturated heterocycles. The number of anilines is 1. The Morgan fingerprint density at radius 3 is 2.77 bits per heavy atom. The molecule has 0 aromatic carbocycles. The molecule has 1 saturated carbocycles. The van der Waals surface area contributed by atoms with Gasteiger partial charge in [-0.2, -0.15) is 5.10 Å². The SMILES string of the molecule is COC1CCC(O)(CCNC(=O)c2cnc(-c3cnn4cc(C)cnc34)cc2NC2COC2)CC1. The van der Waals surface area contributed by atoms with Crippen molar-refractivity contribution in [2.75, 3.05) is 32.2 Å². The Hall–Kier alpha value is -3.08. The van der Waals surface area contributed by atoms with Gasteiger partial charge in [-0.25, -0.2) is 9.50 Å². The number of nitrogens with zero attached hydrogens (tertiary/aromatic N) is 4. The zero-order valence-corrected chi connectivity index (χ0v) is 20.2. The Bertz CT molecular complexity index is 1200. The maximum absolute atomic E-state index is 13.1. The highest BCUT2D eigenvalue weighted by atomic mass is 16.5. The van der Waals surface area contributed by atoms with E-state index in [2.05, 4.69) is 25.7 Å². The lowest BCUT2D eigenvalue weighted by Crippen LogP contribution is -2.41. The standard InChI is InChI=1S/C25H32N6O4/c1-16-10-28-23-19(12-29-31(23)13-16)21-9-22(30-17-14-35-15-17)20(11-27-21)24(32)26-8-7-25(33)5-3-18(34-2)4-6-25/h9-13,17-18,33H,3-8,14-15H2,1-2H3,(H,26,32)(H,27,30). The lowest BCUT2D eigenvalue weighted by Gasteiger charge is -2.35. The first-order chi connectivity index (χ1) is 16.9. The molecule has 0 spiro atoms. The monoisotopic (exact) mass is 480 g/mol. The Labute approximate surface area is 204 Å². The fraction of sp³-hybridized carbons (Fsp3) is 0.520. The molecule has 1 aliphatic carbocycles. The summed E-state index contributed by atoms with van der Waals surface area (Å²) in [5, 5.41) is 21.6. The van der Waals surface area contributed by atoms with Crippen LogP contribution >= 0.6 is 0 Å². The number of carbonyl (C=O) groups excluding carboxylic acids is 1. The Kier molecular flexibility index (Phi) is 6.68. The van der Waals surface area contributed by atoms with Gasteiger partial charge in [-0.05, 0) is 50.7 Å². The van der Waals surface area contributed by atoms with Crippen molar-refractivity contribution in [3.05, 3.63) is 42.0 Å². The van der Waals surface area contributed by atoms with Gasteiger partial charge < -0.3 is 25.2 Å². The molecule has 0 unspecified atom stereocenters. The van der Waals surface area contributed by atoms with E-state index in [1.54, 1.807) is 30.2 Å². The van der Waals surface area contributed by atoms with Crippen LogP contribution < -0.4 is 10.6 Å². The van der Waals surface area contributed by atoms with E-state index in [9.17, 15) is 9.90 Å². The first kappa shape index (κ1) is 23.7. The van der Waals surface area contributed by atoms with Crippen LogP contribution in [-0.2, 0) is 9.47 Å². The van der Waals surface area contributed by atoms with Crippen LogP contribution in [0.3, 0.4) is 0 Å². The molecule has 3 aromatic rings. The second-order valence-corrected chi connectivity index (χ2v) is 9.62. The van der Waals surface area contributed by atoms with Gasteiger partial charge in [-0.15, -0.1) is 0 Å². The fourth-order valence-electron chi connectivity index (χ4n) is 4.71. The van der Waals surface area contributed by atoms with Crippen molar-refractivity contribution >= 4 is 17.2 Å². The summed E-state index contributed by atoms with van der Waals surface area (Å²) in [6, 6.07) is 2.00. The Morgan fingerprint density at radius 2 is 2.06 bits per heavy atom. The van der Waals surface area contributed by atoms with Crippen LogP contribution in [-0.4, -0.2) is 75.2 Å². The molecule has 186 valence electrons. The second-order valence-electron chi connectivity index (χ2n) is 9.62. The number of nitrogens with one attached hydrogen (secondary N) is 2. The third-order valence-corrected chi connectivity index (χ3v) is 6.98. The number of pyridine rings is 1. The van der Waals surface area contributed by atoms with E-state index in [-0.39, 0.29) is 18.1 Å². The molecule has 0 atom stereocenters. The number of methoxy groups -OCH3 is 1. The molecule has 2 aliphatic rings. The number of ether oxygens (including phenoxy) is 2. The summed E-state index contributed by atoms with van der Waals surface area (Å²) in [5.41, 5.74) is 3.57. The topological polar surface area (TPSA) is 123 Å². The van der Waals surface area contributed by atoms with Gasteiger partial charge in [0.05, 0.1) is 59.7 Å². The van der Waals surface area contributed by atoms with Crippen molar-refractivity contribution in [1.82, 2.24) is 24.9 Å². The lowest BCUT2D eigenvalue weighted by molar-refractivity contribution is -0.0473. The first-order valence-electron chi connectivity index (χ1n) is 12.1.